The van der Waals surface area contributed by atoms with Crippen molar-refractivity contribution in [1.82, 2.24) is 10.3 Å². The zero-order valence-electron chi connectivity index (χ0n) is 17.4. The summed E-state index contributed by atoms with van der Waals surface area (Å²) < 4.78 is 0. The molecule has 0 fully saturated rings. The van der Waals surface area contributed by atoms with E-state index in [2.05, 4.69) is 53.7 Å². The first-order chi connectivity index (χ1) is 14.5. The van der Waals surface area contributed by atoms with E-state index in [0.717, 1.165) is 11.1 Å². The number of hydrogen-bond acceptors (Lipinski definition) is 3. The summed E-state index contributed by atoms with van der Waals surface area (Å²) in [4.78, 5) is 29.1. The first-order valence-corrected chi connectivity index (χ1v) is 10.2. The van der Waals surface area contributed by atoms with Gasteiger partial charge in [0.2, 0.25) is 5.91 Å². The van der Waals surface area contributed by atoms with Crippen LogP contribution >= 0.6 is 0 Å². The van der Waals surface area contributed by atoms with E-state index >= 15 is 0 Å². The van der Waals surface area contributed by atoms with E-state index in [9.17, 15) is 9.59 Å². The van der Waals surface area contributed by atoms with Crippen molar-refractivity contribution in [2.75, 3.05) is 5.32 Å². The molecule has 0 aliphatic rings. The van der Waals surface area contributed by atoms with Gasteiger partial charge in [0, 0.05) is 25.4 Å². The molecule has 1 aromatic heterocycles. The number of carbonyl (C=O) groups is 2. The van der Waals surface area contributed by atoms with Crippen molar-refractivity contribution < 1.29 is 9.59 Å². The number of rotatable bonds is 8. The summed E-state index contributed by atoms with van der Waals surface area (Å²) in [5, 5.41) is 5.75. The summed E-state index contributed by atoms with van der Waals surface area (Å²) in [7, 11) is 0. The minimum absolute atomic E-state index is 0.115. The average Bonchev–Trinajstić information content (AvgIpc) is 2.77. The van der Waals surface area contributed by atoms with Gasteiger partial charge < -0.3 is 10.6 Å². The summed E-state index contributed by atoms with van der Waals surface area (Å²) in [6.07, 6.45) is 4.41. The van der Waals surface area contributed by atoms with E-state index in [1.807, 2.05) is 12.1 Å². The number of amides is 2. The quantitative estimate of drug-likeness (QED) is 0.574. The summed E-state index contributed by atoms with van der Waals surface area (Å²) in [5.41, 5.74) is 4.28. The molecule has 0 saturated heterocycles. The Hall–Kier alpha value is -3.47. The maximum absolute atomic E-state index is 12.6. The van der Waals surface area contributed by atoms with E-state index in [4.69, 9.17) is 0 Å². The van der Waals surface area contributed by atoms with Gasteiger partial charge in [-0.3, -0.25) is 14.6 Å². The van der Waals surface area contributed by atoms with Gasteiger partial charge in [0.05, 0.1) is 11.3 Å². The third kappa shape index (κ3) is 6.01. The molecule has 1 heterocycles. The lowest BCUT2D eigenvalue weighted by molar-refractivity contribution is -0.116. The predicted octanol–water partition coefficient (Wildman–Crippen LogP) is 4.71. The van der Waals surface area contributed by atoms with Crippen LogP contribution in [-0.4, -0.2) is 16.8 Å². The second-order valence-corrected chi connectivity index (χ2v) is 7.53. The van der Waals surface area contributed by atoms with Crippen LogP contribution in [0.4, 0.5) is 5.69 Å². The molecular formula is C25H27N3O2. The van der Waals surface area contributed by atoms with Crippen molar-refractivity contribution in [2.45, 2.75) is 39.2 Å². The summed E-state index contributed by atoms with van der Waals surface area (Å²) in [5.74, 6) is 0.137. The number of benzene rings is 2. The lowest BCUT2D eigenvalue weighted by Gasteiger charge is -2.12. The van der Waals surface area contributed by atoms with Crippen LogP contribution in [0.25, 0.3) is 0 Å². The van der Waals surface area contributed by atoms with Crippen LogP contribution in [0.1, 0.15) is 53.2 Å². The van der Waals surface area contributed by atoms with Gasteiger partial charge in [0.1, 0.15) is 0 Å². The number of aromatic nitrogens is 1. The lowest BCUT2D eigenvalue weighted by atomic mass is 10.0. The molecule has 5 heteroatoms. The summed E-state index contributed by atoms with van der Waals surface area (Å²) in [6.45, 7) is 4.70. The van der Waals surface area contributed by atoms with Gasteiger partial charge >= 0.3 is 0 Å². The number of carbonyl (C=O) groups excluding carboxylic acids is 2. The molecule has 0 spiro atoms. The van der Waals surface area contributed by atoms with Crippen LogP contribution in [0.5, 0.6) is 0 Å². The lowest BCUT2D eigenvalue weighted by Crippen LogP contribution is -2.25. The normalized spacial score (nSPS) is 10.6. The molecule has 2 N–H and O–H groups in total. The van der Waals surface area contributed by atoms with Crippen LogP contribution in [-0.2, 0) is 17.8 Å². The van der Waals surface area contributed by atoms with Crippen molar-refractivity contribution in [3.63, 3.8) is 0 Å². The van der Waals surface area contributed by atoms with Crippen LogP contribution < -0.4 is 10.6 Å². The highest BCUT2D eigenvalue weighted by Gasteiger charge is 2.13. The Balaban J connectivity index is 1.57. The van der Waals surface area contributed by atoms with E-state index < -0.39 is 0 Å². The molecule has 0 bridgehead atoms. The average molecular weight is 402 g/mol. The Labute approximate surface area is 177 Å². The number of aryl methyl sites for hydroxylation is 1. The highest BCUT2D eigenvalue weighted by Crippen LogP contribution is 2.17. The zero-order valence-corrected chi connectivity index (χ0v) is 17.4. The fourth-order valence-electron chi connectivity index (χ4n) is 3.11. The fraction of sp³-hybridized carbons (Fsp3) is 0.240. The van der Waals surface area contributed by atoms with Gasteiger partial charge in [-0.2, -0.15) is 0 Å². The molecule has 30 heavy (non-hydrogen) atoms. The minimum atomic E-state index is -0.237. The zero-order chi connectivity index (χ0) is 21.3. The molecule has 2 aromatic carbocycles. The monoisotopic (exact) mass is 401 g/mol. The SMILES string of the molecule is CC(C)c1ccc(CCC(=O)Nc2ccccc2C(=O)NCc2cccnc2)cc1. The molecule has 0 atom stereocenters. The molecule has 3 aromatic rings. The van der Waals surface area contributed by atoms with Crippen LogP contribution in [0.3, 0.4) is 0 Å². The molecule has 3 rings (SSSR count). The Morgan fingerprint density at radius 2 is 1.70 bits per heavy atom. The van der Waals surface area contributed by atoms with Crippen molar-refractivity contribution in [3.8, 4) is 0 Å². The molecule has 2 amide bonds. The third-order valence-electron chi connectivity index (χ3n) is 4.91. The van der Waals surface area contributed by atoms with Crippen LogP contribution in [0.2, 0.25) is 0 Å². The summed E-state index contributed by atoms with van der Waals surface area (Å²) in [6, 6.07) is 19.1. The third-order valence-corrected chi connectivity index (χ3v) is 4.91. The standard InChI is InChI=1S/C25H27N3O2/c1-18(2)21-12-9-19(10-13-21)11-14-24(29)28-23-8-4-3-7-22(23)25(30)27-17-20-6-5-15-26-16-20/h3-10,12-13,15-16,18H,11,14,17H2,1-2H3,(H,27,30)(H,28,29). The first kappa shape index (κ1) is 21.2. The van der Waals surface area contributed by atoms with Crippen LogP contribution in [0, 0.1) is 0 Å². The van der Waals surface area contributed by atoms with Crippen molar-refractivity contribution >= 4 is 17.5 Å². The highest BCUT2D eigenvalue weighted by molar-refractivity contribution is 6.03. The smallest absolute Gasteiger partial charge is 0.253 e. The number of nitrogens with zero attached hydrogens (tertiary/aromatic N) is 1. The van der Waals surface area contributed by atoms with Gasteiger partial charge in [-0.05, 0) is 47.2 Å². The number of hydrogen-bond donors (Lipinski definition) is 2. The second kappa shape index (κ2) is 10.3. The molecule has 0 aliphatic carbocycles. The molecular weight excluding hydrogens is 374 g/mol. The Morgan fingerprint density at radius 3 is 2.40 bits per heavy atom. The largest absolute Gasteiger partial charge is 0.348 e. The number of anilines is 1. The Kier molecular flexibility index (Phi) is 7.33. The number of pyridine rings is 1. The molecule has 5 nitrogen and oxygen atoms in total. The highest BCUT2D eigenvalue weighted by atomic mass is 16.2. The molecule has 0 radical (unpaired) electrons. The number of para-hydroxylation sites is 1. The van der Waals surface area contributed by atoms with Gasteiger partial charge in [-0.15, -0.1) is 0 Å². The van der Waals surface area contributed by atoms with Gasteiger partial charge in [0.15, 0.2) is 0 Å². The van der Waals surface area contributed by atoms with Gasteiger partial charge in [-0.1, -0.05) is 56.3 Å². The Morgan fingerprint density at radius 1 is 0.933 bits per heavy atom. The predicted molar refractivity (Wildman–Crippen MR) is 119 cm³/mol. The maximum Gasteiger partial charge on any atom is 0.253 e. The van der Waals surface area contributed by atoms with Crippen LogP contribution in [0.15, 0.2) is 73.1 Å². The minimum Gasteiger partial charge on any atom is -0.348 e. The number of nitrogens with one attached hydrogen (secondary N) is 2. The van der Waals surface area contributed by atoms with E-state index in [0.29, 0.717) is 36.6 Å². The Bertz CT molecular complexity index is 983. The van der Waals surface area contributed by atoms with Crippen molar-refractivity contribution in [3.05, 3.63) is 95.3 Å². The fourth-order valence-corrected chi connectivity index (χ4v) is 3.11. The first-order valence-electron chi connectivity index (χ1n) is 10.2. The van der Waals surface area contributed by atoms with E-state index in [1.54, 1.807) is 36.7 Å². The maximum atomic E-state index is 12.6. The van der Waals surface area contributed by atoms with E-state index in [1.165, 1.54) is 5.56 Å². The van der Waals surface area contributed by atoms with Crippen molar-refractivity contribution in [1.29, 1.82) is 0 Å². The van der Waals surface area contributed by atoms with E-state index in [-0.39, 0.29) is 11.8 Å². The van der Waals surface area contributed by atoms with Gasteiger partial charge in [-0.25, -0.2) is 0 Å². The second-order valence-electron chi connectivity index (χ2n) is 7.53. The summed E-state index contributed by atoms with van der Waals surface area (Å²) >= 11 is 0. The topological polar surface area (TPSA) is 71.1 Å². The molecule has 0 unspecified atom stereocenters. The molecule has 0 saturated carbocycles. The molecule has 0 aliphatic heterocycles. The van der Waals surface area contributed by atoms with Gasteiger partial charge in [0.25, 0.3) is 5.91 Å². The van der Waals surface area contributed by atoms with Crippen molar-refractivity contribution in [2.24, 2.45) is 0 Å². The molecule has 154 valence electrons.